The molecule has 0 spiro atoms. The van der Waals surface area contributed by atoms with Gasteiger partial charge in [0.05, 0.1) is 6.54 Å². The third-order valence-electron chi connectivity index (χ3n) is 7.31. The zero-order valence-corrected chi connectivity index (χ0v) is 22.8. The van der Waals surface area contributed by atoms with Gasteiger partial charge in [0, 0.05) is 49.6 Å². The molecule has 220 valence electrons. The number of aromatic amines is 1. The monoisotopic (exact) mass is 567 g/mol. The molecule has 5 amide bonds. The van der Waals surface area contributed by atoms with Crippen LogP contribution < -0.4 is 32.3 Å². The maximum atomic E-state index is 13.5. The highest BCUT2D eigenvalue weighted by Crippen LogP contribution is 2.20. The molecular weight excluding hydrogens is 530 g/mol. The number of nitrogens with two attached hydrogens (primary N) is 1. The Morgan fingerprint density at radius 1 is 1.02 bits per heavy atom. The van der Waals surface area contributed by atoms with E-state index in [1.54, 1.807) is 6.20 Å². The molecule has 0 unspecified atom stereocenters. The first-order valence-electron chi connectivity index (χ1n) is 13.8. The first kappa shape index (κ1) is 29.4. The van der Waals surface area contributed by atoms with Crippen molar-refractivity contribution >= 4 is 46.4 Å². The van der Waals surface area contributed by atoms with Crippen molar-refractivity contribution in [1.82, 2.24) is 36.5 Å². The van der Waals surface area contributed by atoms with Crippen LogP contribution in [0.4, 0.5) is 0 Å². The number of hydrogen-bond donors (Lipinski definition) is 8. The lowest BCUT2D eigenvalue weighted by Gasteiger charge is -2.26. The summed E-state index contributed by atoms with van der Waals surface area (Å²) in [5, 5.41) is 21.7. The summed E-state index contributed by atoms with van der Waals surface area (Å²) in [7, 11) is 0. The van der Waals surface area contributed by atoms with Crippen molar-refractivity contribution in [3.8, 4) is 0 Å². The summed E-state index contributed by atoms with van der Waals surface area (Å²) in [5.74, 6) is -2.53. The van der Waals surface area contributed by atoms with Gasteiger partial charge in [-0.05, 0) is 37.3 Å². The molecule has 1 aromatic carbocycles. The smallest absolute Gasteiger partial charge is 0.243 e. The molecule has 3 atom stereocenters. The van der Waals surface area contributed by atoms with Crippen molar-refractivity contribution in [2.75, 3.05) is 26.2 Å². The van der Waals surface area contributed by atoms with Gasteiger partial charge in [-0.3, -0.25) is 29.4 Å². The predicted molar refractivity (Wildman–Crippen MR) is 150 cm³/mol. The van der Waals surface area contributed by atoms with E-state index in [1.165, 1.54) is 4.90 Å². The number of hydrogen-bond acceptors (Lipinski definition) is 6. The van der Waals surface area contributed by atoms with E-state index in [-0.39, 0.29) is 44.2 Å². The van der Waals surface area contributed by atoms with Crippen molar-refractivity contribution in [2.45, 2.75) is 56.7 Å². The van der Waals surface area contributed by atoms with Gasteiger partial charge in [0.1, 0.15) is 18.1 Å². The van der Waals surface area contributed by atoms with Gasteiger partial charge in [-0.15, -0.1) is 0 Å². The molecule has 2 saturated heterocycles. The maximum absolute atomic E-state index is 13.5. The number of amides is 5. The third-order valence-corrected chi connectivity index (χ3v) is 7.31. The third kappa shape index (κ3) is 7.74. The van der Waals surface area contributed by atoms with Crippen LogP contribution in [-0.4, -0.2) is 89.7 Å². The molecule has 3 heterocycles. The van der Waals surface area contributed by atoms with Gasteiger partial charge in [-0.25, -0.2) is 0 Å². The van der Waals surface area contributed by atoms with Crippen LogP contribution in [0.2, 0.25) is 0 Å². The second-order valence-corrected chi connectivity index (χ2v) is 10.2. The Bertz CT molecular complexity index is 1310. The number of nitrogens with one attached hydrogen (secondary N) is 7. The Kier molecular flexibility index (Phi) is 9.77. The van der Waals surface area contributed by atoms with Gasteiger partial charge >= 0.3 is 0 Å². The Morgan fingerprint density at radius 3 is 2.63 bits per heavy atom. The minimum Gasteiger partial charge on any atom is -0.370 e. The normalized spacial score (nSPS) is 22.9. The number of guanidine groups is 1. The zero-order chi connectivity index (χ0) is 29.4. The van der Waals surface area contributed by atoms with Crippen molar-refractivity contribution in [3.63, 3.8) is 0 Å². The van der Waals surface area contributed by atoms with Gasteiger partial charge in [0.15, 0.2) is 5.96 Å². The lowest BCUT2D eigenvalue weighted by atomic mass is 10.0. The Hall–Kier alpha value is -4.62. The summed E-state index contributed by atoms with van der Waals surface area (Å²) < 4.78 is 0. The molecule has 4 rings (SSSR count). The molecule has 0 aliphatic carbocycles. The molecule has 0 bridgehead atoms. The highest BCUT2D eigenvalue weighted by Gasteiger charge is 2.34. The zero-order valence-electron chi connectivity index (χ0n) is 22.8. The van der Waals surface area contributed by atoms with Crippen LogP contribution in [0.15, 0.2) is 30.5 Å². The highest BCUT2D eigenvalue weighted by atomic mass is 16.2. The number of fused-ring (bicyclic) bond motifs is 2. The SMILES string of the molecule is N=C(N)NCCC[C@@H]1NC(=O)[C@H](Cc2c[nH]c3ccccc23)NC(=O)CNC(=O)[C@@H]2CCCN2C(=O)CCNC1=O. The summed E-state index contributed by atoms with van der Waals surface area (Å²) in [5.41, 5.74) is 7.01. The van der Waals surface area contributed by atoms with Crippen molar-refractivity contribution in [3.05, 3.63) is 36.0 Å². The standard InChI is InChI=1S/C27H37N9O5/c28-27(29)31-10-3-7-19-24(39)30-11-9-23(38)36-12-4-8-21(36)26(41)33-15-22(37)34-20(25(40)35-19)13-16-14-32-18-6-2-1-5-17(16)18/h1-2,5-6,14,19-21,32H,3-4,7-13,15H2,(H,30,39)(H,33,41)(H,34,37)(H,35,40)(H4,28,29,31)/t19-,20-,21-/m0/s1. The van der Waals surface area contributed by atoms with Crippen molar-refractivity contribution in [1.29, 1.82) is 5.41 Å². The number of rotatable bonds is 6. The van der Waals surface area contributed by atoms with Crippen LogP contribution in [0.3, 0.4) is 0 Å². The van der Waals surface area contributed by atoms with Gasteiger partial charge in [0.25, 0.3) is 0 Å². The first-order valence-corrected chi connectivity index (χ1v) is 13.8. The summed E-state index contributed by atoms with van der Waals surface area (Å²) in [4.78, 5) is 69.9. The number of nitrogens with zero attached hydrogens (tertiary/aromatic N) is 1. The van der Waals surface area contributed by atoms with Crippen molar-refractivity contribution < 1.29 is 24.0 Å². The molecule has 0 saturated carbocycles. The fraction of sp³-hybridized carbons (Fsp3) is 0.481. The number of aromatic nitrogens is 1. The number of carbonyl (C=O) groups is 5. The minimum atomic E-state index is -1.04. The van der Waals surface area contributed by atoms with E-state index in [0.29, 0.717) is 32.4 Å². The Morgan fingerprint density at radius 2 is 1.83 bits per heavy atom. The second-order valence-electron chi connectivity index (χ2n) is 10.2. The molecule has 14 heteroatoms. The fourth-order valence-electron chi connectivity index (χ4n) is 5.23. The molecule has 41 heavy (non-hydrogen) atoms. The average Bonchev–Trinajstić information content (AvgIpc) is 3.60. The lowest BCUT2D eigenvalue weighted by Crippen LogP contribution is -2.56. The number of benzene rings is 1. The molecule has 0 radical (unpaired) electrons. The van der Waals surface area contributed by atoms with Crippen LogP contribution >= 0.6 is 0 Å². The molecule has 2 aromatic rings. The molecular formula is C27H37N9O5. The predicted octanol–water partition coefficient (Wildman–Crippen LogP) is -1.43. The molecule has 2 fully saturated rings. The fourth-order valence-corrected chi connectivity index (χ4v) is 5.23. The van der Waals surface area contributed by atoms with Crippen LogP contribution in [0.25, 0.3) is 10.9 Å². The Labute approximate surface area is 237 Å². The maximum Gasteiger partial charge on any atom is 0.243 e. The molecule has 14 nitrogen and oxygen atoms in total. The lowest BCUT2D eigenvalue weighted by molar-refractivity contribution is -0.139. The van der Waals surface area contributed by atoms with Crippen LogP contribution in [0.1, 0.15) is 37.7 Å². The summed E-state index contributed by atoms with van der Waals surface area (Å²) >= 11 is 0. The quantitative estimate of drug-likeness (QED) is 0.118. The number of carbonyl (C=O) groups excluding carboxylic acids is 5. The van der Waals surface area contributed by atoms with E-state index in [1.807, 2.05) is 24.3 Å². The van der Waals surface area contributed by atoms with E-state index in [9.17, 15) is 24.0 Å². The first-order chi connectivity index (χ1) is 19.7. The number of H-pyrrole nitrogens is 1. The largest absolute Gasteiger partial charge is 0.370 e. The van der Waals surface area contributed by atoms with E-state index in [0.717, 1.165) is 16.5 Å². The van der Waals surface area contributed by atoms with Crippen LogP contribution in [0.5, 0.6) is 0 Å². The van der Waals surface area contributed by atoms with Gasteiger partial charge in [-0.2, -0.15) is 0 Å². The molecule has 2 aliphatic heterocycles. The molecule has 9 N–H and O–H groups in total. The van der Waals surface area contributed by atoms with Gasteiger partial charge in [0.2, 0.25) is 29.5 Å². The van der Waals surface area contributed by atoms with E-state index in [4.69, 9.17) is 11.1 Å². The van der Waals surface area contributed by atoms with Gasteiger partial charge in [-0.1, -0.05) is 18.2 Å². The highest BCUT2D eigenvalue weighted by molar-refractivity contribution is 5.95. The average molecular weight is 568 g/mol. The minimum absolute atomic E-state index is 0.00818. The van der Waals surface area contributed by atoms with Crippen LogP contribution in [0, 0.1) is 5.41 Å². The van der Waals surface area contributed by atoms with Gasteiger partial charge < -0.3 is 42.2 Å². The van der Waals surface area contributed by atoms with E-state index in [2.05, 4.69) is 31.6 Å². The van der Waals surface area contributed by atoms with Crippen LogP contribution in [-0.2, 0) is 30.4 Å². The summed E-state index contributed by atoms with van der Waals surface area (Å²) in [6, 6.07) is 4.88. The number of para-hydroxylation sites is 1. The summed E-state index contributed by atoms with van der Waals surface area (Å²) in [6.45, 7) is 0.413. The molecule has 1 aromatic heterocycles. The summed E-state index contributed by atoms with van der Waals surface area (Å²) in [6.07, 6.45) is 3.68. The van der Waals surface area contributed by atoms with Crippen molar-refractivity contribution in [2.24, 2.45) is 5.73 Å². The topological polar surface area (TPSA) is 214 Å². The second kappa shape index (κ2) is 13.6. The Balaban J connectivity index is 1.56. The molecule has 2 aliphatic rings. The van der Waals surface area contributed by atoms with E-state index >= 15 is 0 Å². The van der Waals surface area contributed by atoms with E-state index < -0.39 is 41.8 Å².